The van der Waals surface area contributed by atoms with E-state index < -0.39 is 0 Å². The molecule has 1 aromatic rings. The fourth-order valence-corrected chi connectivity index (χ4v) is 2.01. The van der Waals surface area contributed by atoms with Crippen molar-refractivity contribution in [1.29, 1.82) is 0 Å². The van der Waals surface area contributed by atoms with Crippen LogP contribution in [-0.2, 0) is 11.2 Å². The molecule has 0 atom stereocenters. The Hall–Kier alpha value is -1.44. The second-order valence-electron chi connectivity index (χ2n) is 4.34. The number of hydrogen-bond acceptors (Lipinski definition) is 2. The average Bonchev–Trinajstić information content (AvgIpc) is 2.36. The van der Waals surface area contributed by atoms with Crippen LogP contribution in [0.5, 0.6) is 0 Å². The predicted molar refractivity (Wildman–Crippen MR) is 69.2 cm³/mol. The average molecular weight is 232 g/mol. The highest BCUT2D eigenvalue weighted by molar-refractivity contribution is 5.98. The number of carbonyl (C=O) groups is 2. The lowest BCUT2D eigenvalue weighted by Gasteiger charge is -2.12. The molecule has 0 heterocycles. The fourth-order valence-electron chi connectivity index (χ4n) is 2.01. The van der Waals surface area contributed by atoms with E-state index in [4.69, 9.17) is 0 Å². The molecule has 0 aliphatic heterocycles. The van der Waals surface area contributed by atoms with Crippen LogP contribution in [0.15, 0.2) is 24.3 Å². The normalized spacial score (nSPS) is 10.5. The summed E-state index contributed by atoms with van der Waals surface area (Å²) < 4.78 is 0. The van der Waals surface area contributed by atoms with Crippen LogP contribution in [-0.4, -0.2) is 12.1 Å². The Bertz CT molecular complexity index is 378. The minimum atomic E-state index is 0.163. The summed E-state index contributed by atoms with van der Waals surface area (Å²) in [6, 6.07) is 7.40. The Morgan fingerprint density at radius 2 is 1.88 bits per heavy atom. The van der Waals surface area contributed by atoms with Crippen molar-refractivity contribution in [2.24, 2.45) is 5.92 Å². The first-order chi connectivity index (χ1) is 8.22. The minimum Gasteiger partial charge on any atom is -0.303 e. The molecule has 1 rings (SSSR count). The smallest absolute Gasteiger partial charge is 0.163 e. The van der Waals surface area contributed by atoms with E-state index in [1.165, 1.54) is 0 Å². The number of aldehydes is 1. The van der Waals surface area contributed by atoms with Gasteiger partial charge in [0.1, 0.15) is 6.29 Å². The van der Waals surface area contributed by atoms with Crippen molar-refractivity contribution in [3.05, 3.63) is 35.4 Å². The molecule has 0 amide bonds. The highest BCUT2D eigenvalue weighted by Crippen LogP contribution is 2.18. The fraction of sp³-hybridized carbons (Fsp3) is 0.467. The van der Waals surface area contributed by atoms with Crippen LogP contribution in [0.3, 0.4) is 0 Å². The summed E-state index contributed by atoms with van der Waals surface area (Å²) in [5.41, 5.74) is 1.56. The van der Waals surface area contributed by atoms with Gasteiger partial charge in [-0.1, -0.05) is 51.0 Å². The van der Waals surface area contributed by atoms with E-state index >= 15 is 0 Å². The molecule has 0 aliphatic rings. The summed E-state index contributed by atoms with van der Waals surface area (Å²) in [7, 11) is 0. The second kappa shape index (κ2) is 7.00. The molecule has 0 saturated carbocycles. The molecule has 0 saturated heterocycles. The first kappa shape index (κ1) is 13.6. The lowest BCUT2D eigenvalue weighted by molar-refractivity contribution is -0.107. The molecule has 0 fully saturated rings. The van der Waals surface area contributed by atoms with Crippen LogP contribution in [0.25, 0.3) is 0 Å². The minimum absolute atomic E-state index is 0.163. The highest BCUT2D eigenvalue weighted by Gasteiger charge is 2.14. The van der Waals surface area contributed by atoms with Crippen molar-refractivity contribution in [1.82, 2.24) is 0 Å². The zero-order valence-corrected chi connectivity index (χ0v) is 10.6. The van der Waals surface area contributed by atoms with Crippen LogP contribution >= 0.6 is 0 Å². The van der Waals surface area contributed by atoms with Gasteiger partial charge < -0.3 is 4.79 Å². The van der Waals surface area contributed by atoms with Gasteiger partial charge in [0, 0.05) is 18.4 Å². The van der Waals surface area contributed by atoms with Crippen molar-refractivity contribution in [3.8, 4) is 0 Å². The molecule has 0 bridgehead atoms. The molecule has 2 nitrogen and oxygen atoms in total. The first-order valence-corrected chi connectivity index (χ1v) is 6.27. The second-order valence-corrected chi connectivity index (χ2v) is 4.34. The molecule has 0 aliphatic carbocycles. The van der Waals surface area contributed by atoms with E-state index in [2.05, 4.69) is 13.8 Å². The van der Waals surface area contributed by atoms with Crippen molar-refractivity contribution in [2.45, 2.75) is 39.5 Å². The molecule has 0 aromatic heterocycles. The van der Waals surface area contributed by atoms with Gasteiger partial charge >= 0.3 is 0 Å². The molecule has 17 heavy (non-hydrogen) atoms. The quantitative estimate of drug-likeness (QED) is 0.533. The van der Waals surface area contributed by atoms with Crippen molar-refractivity contribution in [3.63, 3.8) is 0 Å². The van der Waals surface area contributed by atoms with Crippen molar-refractivity contribution >= 4 is 12.1 Å². The Morgan fingerprint density at radius 1 is 1.24 bits per heavy atom. The van der Waals surface area contributed by atoms with E-state index in [9.17, 15) is 9.59 Å². The lowest BCUT2D eigenvalue weighted by atomic mass is 9.91. The standard InChI is InChI=1S/C15H20O2/c1-3-12(4-2)11-15(17)14-8-6-5-7-13(14)9-10-16/h5-8,10,12H,3-4,9,11H2,1-2H3. The maximum atomic E-state index is 12.2. The number of ketones is 1. The number of carbonyl (C=O) groups excluding carboxylic acids is 2. The number of hydrogen-bond donors (Lipinski definition) is 0. The van der Waals surface area contributed by atoms with Crippen LogP contribution in [0.2, 0.25) is 0 Å². The van der Waals surface area contributed by atoms with Crippen LogP contribution < -0.4 is 0 Å². The first-order valence-electron chi connectivity index (χ1n) is 6.27. The highest BCUT2D eigenvalue weighted by atomic mass is 16.1. The molecular formula is C15H20O2. The largest absolute Gasteiger partial charge is 0.303 e. The summed E-state index contributed by atoms with van der Waals surface area (Å²) in [5.74, 6) is 0.614. The molecular weight excluding hydrogens is 212 g/mol. The van der Waals surface area contributed by atoms with Gasteiger partial charge in [-0.05, 0) is 11.5 Å². The number of benzene rings is 1. The van der Waals surface area contributed by atoms with Gasteiger partial charge in [0.25, 0.3) is 0 Å². The molecule has 2 heteroatoms. The van der Waals surface area contributed by atoms with E-state index in [1.807, 2.05) is 24.3 Å². The molecule has 0 unspecified atom stereocenters. The molecule has 0 N–H and O–H groups in total. The van der Waals surface area contributed by atoms with Crippen LogP contribution in [0.4, 0.5) is 0 Å². The van der Waals surface area contributed by atoms with Gasteiger partial charge in [0.15, 0.2) is 5.78 Å². The molecule has 92 valence electrons. The molecule has 0 spiro atoms. The predicted octanol–water partition coefficient (Wildman–Crippen LogP) is 3.44. The molecule has 0 radical (unpaired) electrons. The summed E-state index contributed by atoms with van der Waals surface area (Å²) in [6.45, 7) is 4.22. The van der Waals surface area contributed by atoms with E-state index in [1.54, 1.807) is 0 Å². The third-order valence-electron chi connectivity index (χ3n) is 3.25. The summed E-state index contributed by atoms with van der Waals surface area (Å²) in [6.07, 6.45) is 3.81. The number of Topliss-reactive ketones (excluding diaryl/α,β-unsaturated/α-hetero) is 1. The summed E-state index contributed by atoms with van der Waals surface area (Å²) >= 11 is 0. The molecule has 1 aromatic carbocycles. The third kappa shape index (κ3) is 3.81. The SMILES string of the molecule is CCC(CC)CC(=O)c1ccccc1CC=O. The van der Waals surface area contributed by atoms with Crippen molar-refractivity contribution < 1.29 is 9.59 Å². The maximum absolute atomic E-state index is 12.2. The third-order valence-corrected chi connectivity index (χ3v) is 3.25. The van der Waals surface area contributed by atoms with Gasteiger partial charge in [-0.2, -0.15) is 0 Å². The van der Waals surface area contributed by atoms with E-state index in [-0.39, 0.29) is 5.78 Å². The summed E-state index contributed by atoms with van der Waals surface area (Å²) in [5, 5.41) is 0. The van der Waals surface area contributed by atoms with Gasteiger partial charge in [-0.3, -0.25) is 4.79 Å². The van der Waals surface area contributed by atoms with Crippen LogP contribution in [0.1, 0.15) is 49.0 Å². The van der Waals surface area contributed by atoms with E-state index in [0.717, 1.165) is 24.7 Å². The van der Waals surface area contributed by atoms with Crippen LogP contribution in [0, 0.1) is 5.92 Å². The number of rotatable bonds is 7. The Morgan fingerprint density at radius 3 is 2.47 bits per heavy atom. The Kier molecular flexibility index (Phi) is 5.61. The van der Waals surface area contributed by atoms with Gasteiger partial charge in [0.05, 0.1) is 0 Å². The zero-order valence-electron chi connectivity index (χ0n) is 10.6. The Balaban J connectivity index is 2.84. The summed E-state index contributed by atoms with van der Waals surface area (Å²) in [4.78, 5) is 22.7. The van der Waals surface area contributed by atoms with Gasteiger partial charge in [-0.25, -0.2) is 0 Å². The van der Waals surface area contributed by atoms with Crippen molar-refractivity contribution in [2.75, 3.05) is 0 Å². The zero-order chi connectivity index (χ0) is 12.7. The monoisotopic (exact) mass is 232 g/mol. The maximum Gasteiger partial charge on any atom is 0.163 e. The van der Waals surface area contributed by atoms with Gasteiger partial charge in [0.2, 0.25) is 0 Å². The Labute approximate surface area is 103 Å². The topological polar surface area (TPSA) is 34.1 Å². The lowest BCUT2D eigenvalue weighted by Crippen LogP contribution is -2.10. The van der Waals surface area contributed by atoms with Gasteiger partial charge in [-0.15, -0.1) is 0 Å². The van der Waals surface area contributed by atoms with E-state index in [0.29, 0.717) is 24.3 Å².